The molecule has 3 heterocycles. The van der Waals surface area contributed by atoms with Crippen LogP contribution in [0.25, 0.3) is 0 Å². The fourth-order valence-corrected chi connectivity index (χ4v) is 7.30. The van der Waals surface area contributed by atoms with Gasteiger partial charge in [0.1, 0.15) is 34.7 Å². The number of oxazole rings is 2. The number of urea groups is 1. The van der Waals surface area contributed by atoms with E-state index in [1.165, 1.54) is 35.9 Å². The van der Waals surface area contributed by atoms with Gasteiger partial charge in [0.25, 0.3) is 5.91 Å². The zero-order valence-corrected chi connectivity index (χ0v) is 31.1. The maximum Gasteiger partial charge on any atom is 0.332 e. The number of hydrogen-bond acceptors (Lipinski definition) is 12. The van der Waals surface area contributed by atoms with E-state index in [1.807, 2.05) is 12.1 Å². The predicted octanol–water partition coefficient (Wildman–Crippen LogP) is 7.88. The SMILES string of the molecule is Cc1c(N2C(=O)N(Cc3cnco3)C3(CCCC3)C2=O)ccc(C#N)c1Cl.Cc1c(N=C=O)ccc(C#N)c1Cl.N#CC1(NCc2cnco2)CCCC1. The Labute approximate surface area is 321 Å². The van der Waals surface area contributed by atoms with E-state index in [0.29, 0.717) is 63.8 Å². The molecule has 1 saturated heterocycles. The van der Waals surface area contributed by atoms with E-state index in [4.69, 9.17) is 47.8 Å². The monoisotopic (exact) mass is 767 g/mol. The lowest BCUT2D eigenvalue weighted by molar-refractivity contribution is -0.124. The minimum absolute atomic E-state index is 0.185. The second-order valence-electron chi connectivity index (χ2n) is 13.0. The third kappa shape index (κ3) is 8.06. The summed E-state index contributed by atoms with van der Waals surface area (Å²) in [6, 6.07) is 12.1. The maximum absolute atomic E-state index is 13.4. The van der Waals surface area contributed by atoms with Gasteiger partial charge in [-0.15, -0.1) is 0 Å². The van der Waals surface area contributed by atoms with E-state index in [-0.39, 0.29) is 23.0 Å². The Balaban J connectivity index is 0.000000174. The number of nitrogens with one attached hydrogen (secondary N) is 1. The number of aliphatic imine (C=N–C) groups is 1. The van der Waals surface area contributed by atoms with Crippen LogP contribution in [0.5, 0.6) is 0 Å². The third-order valence-corrected chi connectivity index (χ3v) is 10.9. The number of amides is 3. The van der Waals surface area contributed by atoms with Gasteiger partial charge in [-0.1, -0.05) is 48.9 Å². The number of nitrogens with zero attached hydrogens (tertiary/aromatic N) is 8. The topological polar surface area (TPSA) is 206 Å². The second-order valence-corrected chi connectivity index (χ2v) is 13.8. The number of halogens is 2. The smallest absolute Gasteiger partial charge is 0.332 e. The van der Waals surface area contributed by atoms with Crippen molar-refractivity contribution in [3.63, 3.8) is 0 Å². The normalized spacial score (nSPS) is 16.4. The van der Waals surface area contributed by atoms with Crippen molar-refractivity contribution in [2.75, 3.05) is 4.90 Å². The zero-order chi connectivity index (χ0) is 38.9. The summed E-state index contributed by atoms with van der Waals surface area (Å²) in [6.45, 7) is 4.18. The Kier molecular flexibility index (Phi) is 12.7. The third-order valence-electron chi connectivity index (χ3n) is 9.89. The van der Waals surface area contributed by atoms with Crippen molar-refractivity contribution < 1.29 is 23.2 Å². The van der Waals surface area contributed by atoms with Crippen LogP contribution in [0.2, 0.25) is 10.0 Å². The Morgan fingerprint density at radius 2 is 1.43 bits per heavy atom. The van der Waals surface area contributed by atoms with Crippen molar-refractivity contribution in [1.29, 1.82) is 15.8 Å². The van der Waals surface area contributed by atoms with Crippen molar-refractivity contribution in [3.8, 4) is 18.2 Å². The first kappa shape index (κ1) is 39.4. The molecular weight excluding hydrogens is 733 g/mol. The summed E-state index contributed by atoms with van der Waals surface area (Å²) < 4.78 is 10.4. The van der Waals surface area contributed by atoms with Crippen molar-refractivity contribution in [1.82, 2.24) is 20.2 Å². The largest absolute Gasteiger partial charge is 0.447 e. The summed E-state index contributed by atoms with van der Waals surface area (Å²) in [7, 11) is 0. The molecule has 2 aromatic carbocycles. The molecule has 1 N–H and O–H groups in total. The molecule has 0 unspecified atom stereocenters. The Hall–Kier alpha value is -5.81. The van der Waals surface area contributed by atoms with Crippen LogP contribution in [0.1, 0.15) is 85.1 Å². The molecule has 7 rings (SSSR count). The van der Waals surface area contributed by atoms with Crippen LogP contribution < -0.4 is 10.2 Å². The van der Waals surface area contributed by atoms with Crippen LogP contribution >= 0.6 is 23.2 Å². The number of carbonyl (C=O) groups is 2. The van der Waals surface area contributed by atoms with Gasteiger partial charge in [-0.3, -0.25) is 10.1 Å². The van der Waals surface area contributed by atoms with E-state index in [2.05, 4.69) is 26.3 Å². The van der Waals surface area contributed by atoms with Crippen molar-refractivity contribution in [3.05, 3.63) is 93.3 Å². The molecule has 276 valence electrons. The summed E-state index contributed by atoms with van der Waals surface area (Å²) in [5, 5.41) is 30.7. The van der Waals surface area contributed by atoms with Gasteiger partial charge in [-0.25, -0.2) is 24.5 Å². The van der Waals surface area contributed by atoms with Crippen LogP contribution in [0.15, 0.2) is 63.3 Å². The molecule has 3 amide bonds. The number of benzene rings is 2. The molecule has 2 aliphatic carbocycles. The first-order chi connectivity index (χ1) is 26.0. The molecule has 14 nitrogen and oxygen atoms in total. The fraction of sp³-hybridized carbons (Fsp3) is 0.368. The minimum atomic E-state index is -0.864. The fourth-order valence-electron chi connectivity index (χ4n) is 6.89. The number of aromatic nitrogens is 2. The van der Waals surface area contributed by atoms with Gasteiger partial charge in [-0.2, -0.15) is 20.8 Å². The molecule has 0 bridgehead atoms. The van der Waals surface area contributed by atoms with Crippen molar-refractivity contribution >= 4 is 52.6 Å². The quantitative estimate of drug-likeness (QED) is 0.109. The molecule has 0 atom stereocenters. The lowest BCUT2D eigenvalue weighted by Gasteiger charge is -2.30. The van der Waals surface area contributed by atoms with Gasteiger partial charge < -0.3 is 13.7 Å². The number of hydrogen-bond donors (Lipinski definition) is 1. The number of isocyanates is 1. The second kappa shape index (κ2) is 17.3. The summed E-state index contributed by atoms with van der Waals surface area (Å²) in [5.74, 6) is 1.07. The van der Waals surface area contributed by atoms with Gasteiger partial charge in [0.15, 0.2) is 12.8 Å². The Morgan fingerprint density at radius 3 is 1.98 bits per heavy atom. The van der Waals surface area contributed by atoms with E-state index in [1.54, 1.807) is 43.3 Å². The lowest BCUT2D eigenvalue weighted by atomic mass is 9.95. The van der Waals surface area contributed by atoms with Gasteiger partial charge >= 0.3 is 6.03 Å². The molecule has 2 saturated carbocycles. The molecule has 54 heavy (non-hydrogen) atoms. The molecule has 1 spiro atoms. The standard InChI is InChI=1S/C19H17ClN4O3.C10H13N3O.C9H5ClN2O/c1-12-15(5-4-13(8-21)16(12)20)24-17(25)19(6-2-3-7-19)23(18(24)26)10-14-9-22-11-27-14;11-7-10(3-1-2-4-10)13-6-9-5-12-8-14-9;1-6-8(12-5-13)3-2-7(4-11)9(6)10/h4-5,9,11H,2-3,6-7,10H2,1H3;5,8,13H,1-4,6H2;2-3H,1H3. The van der Waals surface area contributed by atoms with E-state index in [0.717, 1.165) is 44.3 Å². The van der Waals surface area contributed by atoms with E-state index in [9.17, 15) is 14.4 Å². The zero-order valence-electron chi connectivity index (χ0n) is 29.6. The highest BCUT2D eigenvalue weighted by Crippen LogP contribution is 2.45. The first-order valence-corrected chi connectivity index (χ1v) is 17.8. The molecule has 1 aliphatic heterocycles. The van der Waals surface area contributed by atoms with Crippen molar-refractivity contribution in [2.45, 2.75) is 89.4 Å². The van der Waals surface area contributed by atoms with Gasteiger partial charge in [0.2, 0.25) is 6.08 Å². The minimum Gasteiger partial charge on any atom is -0.447 e. The highest BCUT2D eigenvalue weighted by atomic mass is 35.5. The number of rotatable bonds is 7. The molecule has 3 fully saturated rings. The number of anilines is 1. The molecular formula is C38H35Cl2N9O5. The number of nitriles is 3. The molecule has 3 aliphatic rings. The Morgan fingerprint density at radius 1 is 0.852 bits per heavy atom. The van der Waals surface area contributed by atoms with Gasteiger partial charge in [0.05, 0.1) is 64.1 Å². The molecule has 0 radical (unpaired) electrons. The summed E-state index contributed by atoms with van der Waals surface area (Å²) in [6.07, 6.45) is 14.5. The lowest BCUT2D eigenvalue weighted by Crippen LogP contribution is -2.46. The first-order valence-electron chi connectivity index (χ1n) is 17.1. The predicted molar refractivity (Wildman–Crippen MR) is 196 cm³/mol. The number of carbonyl (C=O) groups excluding carboxylic acids is 3. The Bertz CT molecular complexity index is 2170. The summed E-state index contributed by atoms with van der Waals surface area (Å²) >= 11 is 12.1. The highest BCUT2D eigenvalue weighted by molar-refractivity contribution is 6.34. The number of imide groups is 1. The van der Waals surface area contributed by atoms with Crippen LogP contribution in [0, 0.1) is 47.8 Å². The summed E-state index contributed by atoms with van der Waals surface area (Å²) in [4.78, 5) is 50.6. The molecule has 2 aromatic heterocycles. The summed E-state index contributed by atoms with van der Waals surface area (Å²) in [5.41, 5.74) is 1.51. The van der Waals surface area contributed by atoms with Crippen LogP contribution in [0.4, 0.5) is 16.2 Å². The van der Waals surface area contributed by atoms with E-state index < -0.39 is 11.6 Å². The van der Waals surface area contributed by atoms with Gasteiger partial charge in [-0.05, 0) is 74.9 Å². The van der Waals surface area contributed by atoms with Crippen LogP contribution in [0.3, 0.4) is 0 Å². The van der Waals surface area contributed by atoms with E-state index >= 15 is 0 Å². The maximum atomic E-state index is 13.4. The highest BCUT2D eigenvalue weighted by Gasteiger charge is 2.59. The average molecular weight is 769 g/mol. The van der Waals surface area contributed by atoms with Crippen LogP contribution in [-0.4, -0.2) is 44.0 Å². The van der Waals surface area contributed by atoms with Crippen LogP contribution in [-0.2, 0) is 22.7 Å². The molecule has 16 heteroatoms. The average Bonchev–Trinajstić information content (AvgIpc) is 4.04. The van der Waals surface area contributed by atoms with Gasteiger partial charge in [0, 0.05) is 0 Å². The molecule has 4 aromatic rings. The van der Waals surface area contributed by atoms with Crippen molar-refractivity contribution in [2.24, 2.45) is 4.99 Å².